The van der Waals surface area contributed by atoms with Crippen molar-refractivity contribution in [2.24, 2.45) is 0 Å². The maximum absolute atomic E-state index is 11.0. The lowest BCUT2D eigenvalue weighted by Crippen LogP contribution is -2.42. The molecule has 116 valence electrons. The van der Waals surface area contributed by atoms with Crippen molar-refractivity contribution in [2.45, 2.75) is 44.1 Å². The smallest absolute Gasteiger partial charge is 0.271 e. The second-order valence-corrected chi connectivity index (χ2v) is 7.06. The zero-order valence-electron chi connectivity index (χ0n) is 12.5. The van der Waals surface area contributed by atoms with Gasteiger partial charge in [-0.15, -0.1) is 11.3 Å². The van der Waals surface area contributed by atoms with Crippen molar-refractivity contribution in [2.75, 3.05) is 5.32 Å². The van der Waals surface area contributed by atoms with Crippen LogP contribution >= 0.6 is 11.3 Å². The molecule has 0 bridgehead atoms. The van der Waals surface area contributed by atoms with Crippen molar-refractivity contribution in [1.29, 1.82) is 0 Å². The maximum Gasteiger partial charge on any atom is 0.271 e. The van der Waals surface area contributed by atoms with Gasteiger partial charge in [0.1, 0.15) is 0 Å². The van der Waals surface area contributed by atoms with Crippen LogP contribution in [0.2, 0.25) is 0 Å². The number of nitrogens with one attached hydrogen (secondary N) is 1. The third-order valence-electron chi connectivity index (χ3n) is 4.37. The summed E-state index contributed by atoms with van der Waals surface area (Å²) in [5.74, 6) is 0. The Hall–Kier alpha value is -1.88. The molecule has 5 heteroatoms. The predicted octanol–water partition coefficient (Wildman–Crippen LogP) is 5.01. The van der Waals surface area contributed by atoms with Gasteiger partial charge >= 0.3 is 0 Å². The summed E-state index contributed by atoms with van der Waals surface area (Å²) in [5.41, 5.74) is 1.03. The first-order chi connectivity index (χ1) is 10.7. The largest absolute Gasteiger partial charge is 0.379 e. The molecule has 1 aromatic carbocycles. The van der Waals surface area contributed by atoms with Crippen LogP contribution in [0.25, 0.3) is 0 Å². The average molecular weight is 316 g/mol. The summed E-state index contributed by atoms with van der Waals surface area (Å²) in [4.78, 5) is 12.0. The van der Waals surface area contributed by atoms with Crippen LogP contribution in [0.15, 0.2) is 41.8 Å². The van der Waals surface area contributed by atoms with E-state index in [1.807, 2.05) is 6.07 Å². The summed E-state index contributed by atoms with van der Waals surface area (Å²) < 4.78 is 0. The van der Waals surface area contributed by atoms with E-state index >= 15 is 0 Å². The standard InChI is InChI=1S/C17H20N2O2S/c20-19(21)15-7-4-6-14(12-15)18-17(9-2-1-3-10-17)13-16-8-5-11-22-16/h4-8,11-12,18H,1-3,9-10,13H2. The Balaban J connectivity index is 1.83. The van der Waals surface area contributed by atoms with Crippen molar-refractivity contribution in [1.82, 2.24) is 0 Å². The first-order valence-corrected chi connectivity index (χ1v) is 8.60. The fourth-order valence-corrected chi connectivity index (χ4v) is 4.17. The molecule has 1 heterocycles. The molecule has 1 N–H and O–H groups in total. The number of thiophene rings is 1. The van der Waals surface area contributed by atoms with Crippen LogP contribution in [-0.4, -0.2) is 10.5 Å². The highest BCUT2D eigenvalue weighted by Gasteiger charge is 2.32. The van der Waals surface area contributed by atoms with Gasteiger partial charge in [-0.2, -0.15) is 0 Å². The van der Waals surface area contributed by atoms with Crippen molar-refractivity contribution in [3.8, 4) is 0 Å². The van der Waals surface area contributed by atoms with Crippen LogP contribution < -0.4 is 5.32 Å². The quantitative estimate of drug-likeness (QED) is 0.623. The number of hydrogen-bond donors (Lipinski definition) is 1. The zero-order valence-corrected chi connectivity index (χ0v) is 13.3. The lowest BCUT2D eigenvalue weighted by atomic mass is 9.78. The molecule has 0 saturated heterocycles. The number of benzene rings is 1. The molecule has 22 heavy (non-hydrogen) atoms. The van der Waals surface area contributed by atoms with Crippen molar-refractivity contribution < 1.29 is 4.92 Å². The fraction of sp³-hybridized carbons (Fsp3) is 0.412. The number of rotatable bonds is 5. The van der Waals surface area contributed by atoms with E-state index in [1.165, 1.54) is 30.2 Å². The second-order valence-electron chi connectivity index (χ2n) is 6.03. The van der Waals surface area contributed by atoms with E-state index in [2.05, 4.69) is 22.8 Å². The summed E-state index contributed by atoms with van der Waals surface area (Å²) in [6, 6.07) is 11.1. The first kappa shape index (κ1) is 15.0. The van der Waals surface area contributed by atoms with Crippen molar-refractivity contribution in [3.05, 3.63) is 56.8 Å². The van der Waals surface area contributed by atoms with Crippen LogP contribution in [0.1, 0.15) is 37.0 Å². The summed E-state index contributed by atoms with van der Waals surface area (Å²) >= 11 is 1.79. The molecule has 3 rings (SSSR count). The normalized spacial score (nSPS) is 17.1. The number of nitro groups is 1. The molecule has 1 aliphatic rings. The van der Waals surface area contributed by atoms with Gasteiger partial charge in [-0.05, 0) is 30.4 Å². The third kappa shape index (κ3) is 3.47. The molecule has 1 aromatic heterocycles. The number of nitrogens with zero attached hydrogens (tertiary/aromatic N) is 1. The molecule has 4 nitrogen and oxygen atoms in total. The van der Waals surface area contributed by atoms with E-state index in [9.17, 15) is 10.1 Å². The van der Waals surface area contributed by atoms with E-state index in [-0.39, 0.29) is 16.1 Å². The van der Waals surface area contributed by atoms with Gasteiger partial charge in [0, 0.05) is 34.7 Å². The molecule has 1 saturated carbocycles. The van der Waals surface area contributed by atoms with Gasteiger partial charge in [-0.1, -0.05) is 31.4 Å². The minimum absolute atomic E-state index is 0.0261. The topological polar surface area (TPSA) is 55.2 Å². The molecule has 0 amide bonds. The maximum atomic E-state index is 11.0. The minimum Gasteiger partial charge on any atom is -0.379 e. The molecule has 2 aromatic rings. The number of anilines is 1. The van der Waals surface area contributed by atoms with E-state index in [0.717, 1.165) is 24.9 Å². The van der Waals surface area contributed by atoms with Gasteiger partial charge in [-0.3, -0.25) is 10.1 Å². The Bertz CT molecular complexity index is 634. The predicted molar refractivity (Wildman–Crippen MR) is 90.6 cm³/mol. The molecule has 0 aliphatic heterocycles. The summed E-state index contributed by atoms with van der Waals surface area (Å²) in [6.45, 7) is 0. The second kappa shape index (κ2) is 6.48. The number of hydrogen-bond acceptors (Lipinski definition) is 4. The SMILES string of the molecule is O=[N+]([O-])c1cccc(NC2(Cc3cccs3)CCCCC2)c1. The Morgan fingerprint density at radius 2 is 2.00 bits per heavy atom. The monoisotopic (exact) mass is 316 g/mol. The van der Waals surface area contributed by atoms with E-state index in [4.69, 9.17) is 0 Å². The lowest BCUT2D eigenvalue weighted by Gasteiger charge is -2.39. The Labute approximate surface area is 134 Å². The Kier molecular flexibility index (Phi) is 4.43. The first-order valence-electron chi connectivity index (χ1n) is 7.72. The number of non-ortho nitro benzene ring substituents is 1. The average Bonchev–Trinajstić information content (AvgIpc) is 3.01. The summed E-state index contributed by atoms with van der Waals surface area (Å²) in [5, 5.41) is 16.7. The van der Waals surface area contributed by atoms with Crippen LogP contribution in [0.5, 0.6) is 0 Å². The van der Waals surface area contributed by atoms with Crippen LogP contribution in [0, 0.1) is 10.1 Å². The molecule has 1 aliphatic carbocycles. The van der Waals surface area contributed by atoms with Crippen LogP contribution in [0.3, 0.4) is 0 Å². The van der Waals surface area contributed by atoms with Gasteiger partial charge in [0.2, 0.25) is 0 Å². The van der Waals surface area contributed by atoms with Crippen LogP contribution in [-0.2, 0) is 6.42 Å². The summed E-state index contributed by atoms with van der Waals surface area (Å²) in [7, 11) is 0. The summed E-state index contributed by atoms with van der Waals surface area (Å²) in [6.07, 6.45) is 6.94. The van der Waals surface area contributed by atoms with E-state index < -0.39 is 0 Å². The van der Waals surface area contributed by atoms with Crippen molar-refractivity contribution in [3.63, 3.8) is 0 Å². The molecular weight excluding hydrogens is 296 g/mol. The molecule has 0 spiro atoms. The minimum atomic E-state index is -0.335. The fourth-order valence-electron chi connectivity index (χ4n) is 3.32. The van der Waals surface area contributed by atoms with Gasteiger partial charge in [-0.25, -0.2) is 0 Å². The van der Waals surface area contributed by atoms with E-state index in [1.54, 1.807) is 23.5 Å². The highest BCUT2D eigenvalue weighted by molar-refractivity contribution is 7.09. The molecule has 0 radical (unpaired) electrons. The molecule has 0 atom stereocenters. The van der Waals surface area contributed by atoms with Gasteiger partial charge < -0.3 is 5.32 Å². The highest BCUT2D eigenvalue weighted by Crippen LogP contribution is 2.36. The third-order valence-corrected chi connectivity index (χ3v) is 5.25. The molecule has 1 fully saturated rings. The lowest BCUT2D eigenvalue weighted by molar-refractivity contribution is -0.384. The van der Waals surface area contributed by atoms with Gasteiger partial charge in [0.05, 0.1) is 4.92 Å². The molecule has 0 unspecified atom stereocenters. The Morgan fingerprint density at radius 1 is 1.18 bits per heavy atom. The van der Waals surface area contributed by atoms with Crippen LogP contribution in [0.4, 0.5) is 11.4 Å². The van der Waals surface area contributed by atoms with Crippen molar-refractivity contribution >= 4 is 22.7 Å². The zero-order chi connectivity index (χ0) is 15.4. The number of nitro benzene ring substituents is 1. The molecular formula is C17H20N2O2S. The van der Waals surface area contributed by atoms with Gasteiger partial charge in [0.25, 0.3) is 5.69 Å². The van der Waals surface area contributed by atoms with E-state index in [0.29, 0.717) is 0 Å². The highest BCUT2D eigenvalue weighted by atomic mass is 32.1. The van der Waals surface area contributed by atoms with Gasteiger partial charge in [0.15, 0.2) is 0 Å². The Morgan fingerprint density at radius 3 is 2.68 bits per heavy atom.